The van der Waals surface area contributed by atoms with Crippen LogP contribution in [0.3, 0.4) is 0 Å². The second kappa shape index (κ2) is 5.32. The number of hydrogen-bond acceptors (Lipinski definition) is 3. The van der Waals surface area contributed by atoms with E-state index in [1.54, 1.807) is 0 Å². The van der Waals surface area contributed by atoms with Crippen LogP contribution in [0.4, 0.5) is 0 Å². The van der Waals surface area contributed by atoms with E-state index in [9.17, 15) is 5.11 Å². The molecule has 1 N–H and O–H groups in total. The van der Waals surface area contributed by atoms with Crippen molar-refractivity contribution in [2.75, 3.05) is 19.7 Å². The number of rotatable bonds is 3. The van der Waals surface area contributed by atoms with E-state index in [4.69, 9.17) is 4.74 Å². The van der Waals surface area contributed by atoms with Crippen molar-refractivity contribution in [2.24, 2.45) is 0 Å². The lowest BCUT2D eigenvalue weighted by molar-refractivity contribution is 0.102. The first-order valence-electron chi connectivity index (χ1n) is 5.90. The molecule has 0 bridgehead atoms. The monoisotopic (exact) mass is 221 g/mol. The van der Waals surface area contributed by atoms with Gasteiger partial charge in [-0.05, 0) is 12.5 Å². The highest BCUT2D eigenvalue weighted by molar-refractivity contribution is 5.33. The molecule has 0 aliphatic carbocycles. The summed E-state index contributed by atoms with van der Waals surface area (Å²) in [6.45, 7) is 5.19. The van der Waals surface area contributed by atoms with Gasteiger partial charge >= 0.3 is 0 Å². The molecule has 16 heavy (non-hydrogen) atoms. The van der Waals surface area contributed by atoms with E-state index in [1.165, 1.54) is 5.56 Å². The summed E-state index contributed by atoms with van der Waals surface area (Å²) >= 11 is 0. The van der Waals surface area contributed by atoms with Gasteiger partial charge < -0.3 is 9.84 Å². The number of ether oxygens (including phenoxy) is 1. The molecule has 0 amide bonds. The van der Waals surface area contributed by atoms with Crippen LogP contribution in [-0.4, -0.2) is 35.8 Å². The predicted molar refractivity (Wildman–Crippen MR) is 63.5 cm³/mol. The van der Waals surface area contributed by atoms with Crippen LogP contribution in [0.2, 0.25) is 0 Å². The van der Waals surface area contributed by atoms with Crippen LogP contribution >= 0.6 is 0 Å². The van der Waals surface area contributed by atoms with Gasteiger partial charge in [-0.2, -0.15) is 0 Å². The summed E-state index contributed by atoms with van der Waals surface area (Å²) in [5.74, 6) is 0.982. The predicted octanol–water partition coefficient (Wildman–Crippen LogP) is 1.65. The van der Waals surface area contributed by atoms with Crippen LogP contribution in [0.5, 0.6) is 5.75 Å². The number of benzene rings is 1. The van der Waals surface area contributed by atoms with Crippen LogP contribution < -0.4 is 4.74 Å². The van der Waals surface area contributed by atoms with Gasteiger partial charge in [0.05, 0.1) is 6.10 Å². The third-order valence-electron chi connectivity index (χ3n) is 2.97. The maximum absolute atomic E-state index is 9.67. The summed E-state index contributed by atoms with van der Waals surface area (Å²) in [5.41, 5.74) is 1.21. The fourth-order valence-corrected chi connectivity index (χ4v) is 1.96. The van der Waals surface area contributed by atoms with E-state index in [2.05, 4.69) is 11.0 Å². The van der Waals surface area contributed by atoms with Gasteiger partial charge in [0.2, 0.25) is 0 Å². The molecule has 1 aromatic rings. The maximum atomic E-state index is 9.67. The maximum Gasteiger partial charge on any atom is 0.123 e. The van der Waals surface area contributed by atoms with E-state index < -0.39 is 0 Å². The quantitative estimate of drug-likeness (QED) is 0.842. The topological polar surface area (TPSA) is 32.7 Å². The zero-order chi connectivity index (χ0) is 11.4. The normalized spacial score (nSPS) is 18.4. The molecule has 0 radical (unpaired) electrons. The van der Waals surface area contributed by atoms with Gasteiger partial charge in [0.15, 0.2) is 0 Å². The second-order valence-electron chi connectivity index (χ2n) is 4.25. The number of fused-ring (bicyclic) bond motifs is 1. The van der Waals surface area contributed by atoms with E-state index in [0.717, 1.165) is 31.8 Å². The summed E-state index contributed by atoms with van der Waals surface area (Å²) in [4.78, 5) is 2.25. The number of nitrogens with zero attached hydrogens (tertiary/aromatic N) is 1. The third kappa shape index (κ3) is 2.74. The molecule has 88 valence electrons. The van der Waals surface area contributed by atoms with Gasteiger partial charge in [0.1, 0.15) is 12.4 Å². The molecule has 0 saturated carbocycles. The van der Waals surface area contributed by atoms with Gasteiger partial charge in [-0.1, -0.05) is 25.1 Å². The van der Waals surface area contributed by atoms with E-state index in [-0.39, 0.29) is 6.10 Å². The molecule has 1 aromatic carbocycles. The fourth-order valence-electron chi connectivity index (χ4n) is 1.96. The summed E-state index contributed by atoms with van der Waals surface area (Å²) in [6, 6.07) is 8.12. The molecule has 2 rings (SSSR count). The molecule has 0 aromatic heterocycles. The van der Waals surface area contributed by atoms with Crippen molar-refractivity contribution >= 4 is 0 Å². The van der Waals surface area contributed by atoms with Gasteiger partial charge in [0, 0.05) is 25.2 Å². The smallest absolute Gasteiger partial charge is 0.123 e. The summed E-state index contributed by atoms with van der Waals surface area (Å²) < 4.78 is 5.67. The van der Waals surface area contributed by atoms with Crippen LogP contribution in [0.1, 0.15) is 18.9 Å². The fraction of sp³-hybridized carbons (Fsp3) is 0.538. The molecule has 1 aliphatic heterocycles. The zero-order valence-corrected chi connectivity index (χ0v) is 9.72. The Morgan fingerprint density at radius 2 is 2.25 bits per heavy atom. The first kappa shape index (κ1) is 11.4. The van der Waals surface area contributed by atoms with Crippen LogP contribution in [0, 0.1) is 0 Å². The first-order chi connectivity index (χ1) is 7.79. The first-order valence-corrected chi connectivity index (χ1v) is 5.90. The summed E-state index contributed by atoms with van der Waals surface area (Å²) in [5, 5.41) is 9.67. The van der Waals surface area contributed by atoms with Gasteiger partial charge in [-0.15, -0.1) is 0 Å². The molecule has 1 aliphatic rings. The van der Waals surface area contributed by atoms with Crippen molar-refractivity contribution in [3.8, 4) is 5.75 Å². The SMILES string of the molecule is CCC(O)CN1CCOc2ccccc2C1. The number of hydrogen-bond donors (Lipinski definition) is 1. The van der Waals surface area contributed by atoms with E-state index in [0.29, 0.717) is 6.61 Å². The lowest BCUT2D eigenvalue weighted by atomic mass is 10.2. The molecule has 0 saturated heterocycles. The van der Waals surface area contributed by atoms with E-state index >= 15 is 0 Å². The van der Waals surface area contributed by atoms with Crippen LogP contribution in [0.25, 0.3) is 0 Å². The van der Waals surface area contributed by atoms with Crippen LogP contribution in [-0.2, 0) is 6.54 Å². The van der Waals surface area contributed by atoms with Crippen molar-refractivity contribution in [1.29, 1.82) is 0 Å². The Morgan fingerprint density at radius 3 is 3.06 bits per heavy atom. The van der Waals surface area contributed by atoms with Gasteiger partial charge in [-0.3, -0.25) is 4.90 Å². The second-order valence-corrected chi connectivity index (χ2v) is 4.25. The Labute approximate surface area is 96.6 Å². The highest BCUT2D eigenvalue weighted by atomic mass is 16.5. The number of aliphatic hydroxyl groups is 1. The Balaban J connectivity index is 2.05. The van der Waals surface area contributed by atoms with Crippen molar-refractivity contribution < 1.29 is 9.84 Å². The van der Waals surface area contributed by atoms with Crippen molar-refractivity contribution in [1.82, 2.24) is 4.90 Å². The van der Waals surface area contributed by atoms with Crippen molar-refractivity contribution in [3.63, 3.8) is 0 Å². The largest absolute Gasteiger partial charge is 0.492 e. The lowest BCUT2D eigenvalue weighted by Gasteiger charge is -2.21. The molecule has 1 unspecified atom stereocenters. The Kier molecular flexibility index (Phi) is 3.80. The number of β-amino-alcohol motifs (C(OH)–C–C–N with tert-alkyl or cyclic N) is 1. The Morgan fingerprint density at radius 1 is 1.44 bits per heavy atom. The molecule has 0 spiro atoms. The molecule has 3 heteroatoms. The van der Waals surface area contributed by atoms with Crippen LogP contribution in [0.15, 0.2) is 24.3 Å². The molecule has 0 fully saturated rings. The lowest BCUT2D eigenvalue weighted by Crippen LogP contribution is -2.33. The van der Waals surface area contributed by atoms with E-state index in [1.807, 2.05) is 25.1 Å². The minimum absolute atomic E-state index is 0.231. The van der Waals surface area contributed by atoms with Gasteiger partial charge in [-0.25, -0.2) is 0 Å². The average molecular weight is 221 g/mol. The van der Waals surface area contributed by atoms with Crippen molar-refractivity contribution in [2.45, 2.75) is 26.0 Å². The third-order valence-corrected chi connectivity index (χ3v) is 2.97. The molecule has 3 nitrogen and oxygen atoms in total. The standard InChI is InChI=1S/C13H19NO2/c1-2-12(15)10-14-7-8-16-13-6-4-3-5-11(13)9-14/h3-6,12,15H,2,7-10H2,1H3. The van der Waals surface area contributed by atoms with Gasteiger partial charge in [0.25, 0.3) is 0 Å². The Bertz CT molecular complexity index is 340. The molecular formula is C13H19NO2. The molecular weight excluding hydrogens is 202 g/mol. The number of aliphatic hydroxyl groups excluding tert-OH is 1. The zero-order valence-electron chi connectivity index (χ0n) is 9.72. The Hall–Kier alpha value is -1.06. The number of para-hydroxylation sites is 1. The summed E-state index contributed by atoms with van der Waals surface area (Å²) in [6.07, 6.45) is 0.573. The highest BCUT2D eigenvalue weighted by Gasteiger charge is 2.16. The highest BCUT2D eigenvalue weighted by Crippen LogP contribution is 2.22. The minimum atomic E-state index is -0.231. The molecule has 1 atom stereocenters. The van der Waals surface area contributed by atoms with Crippen molar-refractivity contribution in [3.05, 3.63) is 29.8 Å². The molecule has 1 heterocycles. The summed E-state index contributed by atoms with van der Waals surface area (Å²) in [7, 11) is 0. The minimum Gasteiger partial charge on any atom is -0.492 e. The average Bonchev–Trinajstić information content (AvgIpc) is 2.50.